The van der Waals surface area contributed by atoms with Crippen LogP contribution in [0.15, 0.2) is 46.0 Å². The van der Waals surface area contributed by atoms with Gasteiger partial charge in [-0.05, 0) is 30.4 Å². The molecule has 0 aliphatic heterocycles. The largest absolute Gasteiger partial charge is 0.384 e. The van der Waals surface area contributed by atoms with Gasteiger partial charge in [0.25, 0.3) is 0 Å². The first kappa shape index (κ1) is 21.7. The highest BCUT2D eigenvalue weighted by atomic mass is 32.2. The molecule has 0 fully saturated rings. The topological polar surface area (TPSA) is 112 Å². The van der Waals surface area contributed by atoms with E-state index in [9.17, 15) is 8.42 Å². The summed E-state index contributed by atoms with van der Waals surface area (Å²) in [7, 11) is -1.77. The van der Waals surface area contributed by atoms with Crippen molar-refractivity contribution in [1.29, 1.82) is 0 Å². The smallest absolute Gasteiger partial charge is 0.250 e. The van der Waals surface area contributed by atoms with Gasteiger partial charge in [-0.3, -0.25) is 0 Å². The zero-order valence-corrected chi connectivity index (χ0v) is 18.9. The lowest BCUT2D eigenvalue weighted by Crippen LogP contribution is -2.24. The van der Waals surface area contributed by atoms with E-state index < -0.39 is 10.0 Å². The third-order valence-electron chi connectivity index (χ3n) is 5.08. The molecule has 0 bridgehead atoms. The summed E-state index contributed by atoms with van der Waals surface area (Å²) >= 11 is 1.21. The predicted octanol–water partition coefficient (Wildman–Crippen LogP) is 3.18. The molecule has 31 heavy (non-hydrogen) atoms. The minimum Gasteiger partial charge on any atom is -0.384 e. The van der Waals surface area contributed by atoms with Crippen LogP contribution in [0.4, 0.5) is 5.82 Å². The number of para-hydroxylation sites is 1. The van der Waals surface area contributed by atoms with Crippen LogP contribution >= 0.6 is 11.3 Å². The molecule has 0 saturated heterocycles. The number of hydrogen-bond donors (Lipinski definition) is 2. The summed E-state index contributed by atoms with van der Waals surface area (Å²) in [5.41, 5.74) is 8.70. The number of nitrogens with zero attached hydrogens (tertiary/aromatic N) is 3. The number of methoxy groups -OCH3 is 1. The van der Waals surface area contributed by atoms with E-state index in [1.54, 1.807) is 24.6 Å². The molecule has 3 heterocycles. The Morgan fingerprint density at radius 1 is 1.16 bits per heavy atom. The molecule has 4 aromatic rings. The number of aryl methyl sites for hydroxylation is 1. The van der Waals surface area contributed by atoms with Crippen LogP contribution in [0.3, 0.4) is 0 Å². The Morgan fingerprint density at radius 3 is 2.77 bits per heavy atom. The SMILES string of the molecule is COCCc1nc2c(N)nc3ccccc3c2n1CCCCNS(=O)(=O)c1cccs1. The highest BCUT2D eigenvalue weighted by Gasteiger charge is 2.17. The number of hydrogen-bond acceptors (Lipinski definition) is 7. The number of pyridine rings is 1. The van der Waals surface area contributed by atoms with Gasteiger partial charge in [0.1, 0.15) is 15.6 Å². The third kappa shape index (κ3) is 4.57. The van der Waals surface area contributed by atoms with Crippen molar-refractivity contribution in [2.24, 2.45) is 0 Å². The van der Waals surface area contributed by atoms with E-state index >= 15 is 0 Å². The first-order valence-corrected chi connectivity index (χ1v) is 12.4. The van der Waals surface area contributed by atoms with Crippen molar-refractivity contribution in [3.8, 4) is 0 Å². The summed E-state index contributed by atoms with van der Waals surface area (Å²) in [4.78, 5) is 9.25. The van der Waals surface area contributed by atoms with Crippen LogP contribution in [0, 0.1) is 0 Å². The first-order chi connectivity index (χ1) is 15.0. The van der Waals surface area contributed by atoms with Gasteiger partial charge < -0.3 is 15.0 Å². The van der Waals surface area contributed by atoms with Gasteiger partial charge in [0.2, 0.25) is 10.0 Å². The number of nitrogens with one attached hydrogen (secondary N) is 1. The van der Waals surface area contributed by atoms with Crippen LogP contribution in [-0.2, 0) is 27.7 Å². The van der Waals surface area contributed by atoms with Crippen LogP contribution in [-0.4, -0.2) is 43.2 Å². The van der Waals surface area contributed by atoms with Crippen LogP contribution < -0.4 is 10.5 Å². The lowest BCUT2D eigenvalue weighted by atomic mass is 10.2. The summed E-state index contributed by atoms with van der Waals surface area (Å²) in [6, 6.07) is 11.2. The van der Waals surface area contributed by atoms with E-state index in [0.717, 1.165) is 28.7 Å². The minimum absolute atomic E-state index is 0.337. The quantitative estimate of drug-likeness (QED) is 0.352. The molecule has 0 aliphatic rings. The molecule has 10 heteroatoms. The summed E-state index contributed by atoms with van der Waals surface area (Å²) in [5, 5.41) is 2.76. The standard InChI is InChI=1S/C21H25N5O3S2/c1-29-13-10-17-25-19-20(15-7-2-3-8-16(15)24-21(19)22)26(17)12-5-4-11-23-31(27,28)18-9-6-14-30-18/h2-3,6-9,14,23H,4-5,10-13H2,1H3,(H2,22,24). The molecule has 0 unspecified atom stereocenters. The van der Waals surface area contributed by atoms with Gasteiger partial charge in [-0.15, -0.1) is 11.3 Å². The van der Waals surface area contributed by atoms with E-state index in [1.807, 2.05) is 24.3 Å². The Bertz CT molecular complexity index is 1280. The van der Waals surface area contributed by atoms with Crippen molar-refractivity contribution in [3.05, 3.63) is 47.6 Å². The minimum atomic E-state index is -3.43. The van der Waals surface area contributed by atoms with E-state index in [0.29, 0.717) is 48.1 Å². The molecule has 0 amide bonds. The highest BCUT2D eigenvalue weighted by Crippen LogP contribution is 2.29. The first-order valence-electron chi connectivity index (χ1n) is 10.1. The Balaban J connectivity index is 1.54. The zero-order valence-electron chi connectivity index (χ0n) is 17.2. The predicted molar refractivity (Wildman–Crippen MR) is 124 cm³/mol. The number of unbranched alkanes of at least 4 members (excludes halogenated alkanes) is 1. The molecule has 0 radical (unpaired) electrons. The average molecular weight is 460 g/mol. The van der Waals surface area contributed by atoms with E-state index in [4.69, 9.17) is 15.5 Å². The Morgan fingerprint density at radius 2 is 2.00 bits per heavy atom. The van der Waals surface area contributed by atoms with Crippen molar-refractivity contribution < 1.29 is 13.2 Å². The normalized spacial score (nSPS) is 12.2. The zero-order chi connectivity index (χ0) is 21.8. The number of ether oxygens (including phenoxy) is 1. The molecular formula is C21H25N5O3S2. The molecule has 0 saturated carbocycles. The van der Waals surface area contributed by atoms with Gasteiger partial charge in [0.15, 0.2) is 5.82 Å². The molecular weight excluding hydrogens is 434 g/mol. The number of sulfonamides is 1. The summed E-state index contributed by atoms with van der Waals surface area (Å²) in [6.07, 6.45) is 2.14. The number of thiophene rings is 1. The molecule has 0 aliphatic carbocycles. The number of aromatic nitrogens is 3. The van der Waals surface area contributed by atoms with Crippen LogP contribution in [0.5, 0.6) is 0 Å². The molecule has 3 N–H and O–H groups in total. The second-order valence-electron chi connectivity index (χ2n) is 7.17. The fourth-order valence-corrected chi connectivity index (χ4v) is 5.73. The Kier molecular flexibility index (Phi) is 6.51. The molecule has 0 spiro atoms. The van der Waals surface area contributed by atoms with E-state index in [-0.39, 0.29) is 0 Å². The maximum Gasteiger partial charge on any atom is 0.250 e. The summed E-state index contributed by atoms with van der Waals surface area (Å²) in [5.74, 6) is 1.30. The number of imidazole rings is 1. The number of rotatable bonds is 10. The average Bonchev–Trinajstić information content (AvgIpc) is 3.42. The van der Waals surface area contributed by atoms with Gasteiger partial charge >= 0.3 is 0 Å². The number of nitrogens with two attached hydrogens (primary N) is 1. The monoisotopic (exact) mass is 459 g/mol. The van der Waals surface area contributed by atoms with Crippen molar-refractivity contribution in [2.75, 3.05) is 26.0 Å². The molecule has 1 aromatic carbocycles. The maximum absolute atomic E-state index is 12.3. The van der Waals surface area contributed by atoms with Crippen molar-refractivity contribution in [2.45, 2.75) is 30.0 Å². The lowest BCUT2D eigenvalue weighted by Gasteiger charge is -2.11. The van der Waals surface area contributed by atoms with Gasteiger partial charge in [-0.1, -0.05) is 24.3 Å². The highest BCUT2D eigenvalue weighted by molar-refractivity contribution is 7.91. The summed E-state index contributed by atoms with van der Waals surface area (Å²) < 4.78 is 35.0. The molecule has 3 aromatic heterocycles. The number of benzene rings is 1. The lowest BCUT2D eigenvalue weighted by molar-refractivity contribution is 0.199. The number of anilines is 1. The number of fused-ring (bicyclic) bond motifs is 3. The second kappa shape index (κ2) is 9.31. The molecule has 164 valence electrons. The molecule has 4 rings (SSSR count). The van der Waals surface area contributed by atoms with Gasteiger partial charge in [0.05, 0.1) is 17.6 Å². The second-order valence-corrected chi connectivity index (χ2v) is 10.1. The third-order valence-corrected chi connectivity index (χ3v) is 7.94. The maximum atomic E-state index is 12.3. The van der Waals surface area contributed by atoms with Crippen molar-refractivity contribution >= 4 is 49.1 Å². The van der Waals surface area contributed by atoms with Crippen LogP contribution in [0.2, 0.25) is 0 Å². The fourth-order valence-electron chi connectivity index (χ4n) is 3.62. The van der Waals surface area contributed by atoms with Gasteiger partial charge in [-0.25, -0.2) is 23.1 Å². The summed E-state index contributed by atoms with van der Waals surface area (Å²) in [6.45, 7) is 1.63. The Hall–Kier alpha value is -2.53. The van der Waals surface area contributed by atoms with Crippen molar-refractivity contribution in [3.63, 3.8) is 0 Å². The van der Waals surface area contributed by atoms with Crippen molar-refractivity contribution in [1.82, 2.24) is 19.3 Å². The van der Waals surface area contributed by atoms with Gasteiger partial charge in [-0.2, -0.15) is 0 Å². The number of nitrogen functional groups attached to an aromatic ring is 1. The molecule has 8 nitrogen and oxygen atoms in total. The van der Waals surface area contributed by atoms with E-state index in [2.05, 4.69) is 14.3 Å². The van der Waals surface area contributed by atoms with Gasteiger partial charge in [0, 0.05) is 32.0 Å². The van der Waals surface area contributed by atoms with Crippen LogP contribution in [0.1, 0.15) is 18.7 Å². The van der Waals surface area contributed by atoms with E-state index in [1.165, 1.54) is 11.3 Å². The molecule has 0 atom stereocenters. The fraction of sp³-hybridized carbons (Fsp3) is 0.333. The Labute approximate surface area is 185 Å². The van der Waals surface area contributed by atoms with Crippen LogP contribution in [0.25, 0.3) is 21.9 Å².